The van der Waals surface area contributed by atoms with E-state index in [0.29, 0.717) is 0 Å². The van der Waals surface area contributed by atoms with E-state index in [1.807, 2.05) is 0 Å². The normalized spacial score (nSPS) is 12.7. The van der Waals surface area contributed by atoms with Crippen molar-refractivity contribution in [1.29, 1.82) is 0 Å². The van der Waals surface area contributed by atoms with Gasteiger partial charge < -0.3 is 5.73 Å². The standard InChI is InChI=1S/C8H9F3N2O2S/c9-8(10,11)3-5-16(14,15)7-6(12)2-1-4-13-7/h1-2,4H,3,5,12H2. The number of anilines is 1. The monoisotopic (exact) mass is 254 g/mol. The van der Waals surface area contributed by atoms with Gasteiger partial charge in [-0.25, -0.2) is 13.4 Å². The maximum absolute atomic E-state index is 11.9. The van der Waals surface area contributed by atoms with Gasteiger partial charge in [-0.1, -0.05) is 0 Å². The van der Waals surface area contributed by atoms with Crippen molar-refractivity contribution in [3.05, 3.63) is 18.3 Å². The van der Waals surface area contributed by atoms with E-state index in [9.17, 15) is 21.6 Å². The molecule has 0 fully saturated rings. The molecule has 1 heterocycles. The number of nitrogen functional groups attached to an aromatic ring is 1. The van der Waals surface area contributed by atoms with Crippen LogP contribution in [0.15, 0.2) is 23.4 Å². The van der Waals surface area contributed by atoms with Gasteiger partial charge >= 0.3 is 6.18 Å². The summed E-state index contributed by atoms with van der Waals surface area (Å²) in [5.41, 5.74) is 5.17. The van der Waals surface area contributed by atoms with Crippen LogP contribution in [0.2, 0.25) is 0 Å². The molecule has 1 rings (SSSR count). The highest BCUT2D eigenvalue weighted by molar-refractivity contribution is 7.91. The van der Waals surface area contributed by atoms with Crippen molar-refractivity contribution in [3.8, 4) is 0 Å². The molecule has 0 amide bonds. The van der Waals surface area contributed by atoms with Crippen LogP contribution in [0.1, 0.15) is 6.42 Å². The minimum Gasteiger partial charge on any atom is -0.396 e. The Hall–Kier alpha value is -1.31. The van der Waals surface area contributed by atoms with Gasteiger partial charge in [0, 0.05) is 6.20 Å². The van der Waals surface area contributed by atoms with Crippen molar-refractivity contribution < 1.29 is 21.6 Å². The van der Waals surface area contributed by atoms with E-state index < -0.39 is 33.2 Å². The van der Waals surface area contributed by atoms with E-state index in [1.165, 1.54) is 12.1 Å². The van der Waals surface area contributed by atoms with Crippen molar-refractivity contribution >= 4 is 15.5 Å². The molecular weight excluding hydrogens is 245 g/mol. The van der Waals surface area contributed by atoms with Gasteiger partial charge in [-0.3, -0.25) is 0 Å². The highest BCUT2D eigenvalue weighted by atomic mass is 32.2. The molecule has 0 saturated carbocycles. The molecule has 0 saturated heterocycles. The summed E-state index contributed by atoms with van der Waals surface area (Å²) in [5, 5.41) is -0.501. The largest absolute Gasteiger partial charge is 0.396 e. The van der Waals surface area contributed by atoms with Gasteiger partial charge in [0.2, 0.25) is 0 Å². The van der Waals surface area contributed by atoms with E-state index >= 15 is 0 Å². The quantitative estimate of drug-likeness (QED) is 0.884. The fraction of sp³-hybridized carbons (Fsp3) is 0.375. The molecular formula is C8H9F3N2O2S. The SMILES string of the molecule is Nc1cccnc1S(=O)(=O)CCC(F)(F)F. The number of alkyl halides is 3. The van der Waals surface area contributed by atoms with Gasteiger partial charge in [0.1, 0.15) is 0 Å². The number of halogens is 3. The first-order chi connectivity index (χ1) is 7.22. The third-order valence-electron chi connectivity index (χ3n) is 1.75. The summed E-state index contributed by atoms with van der Waals surface area (Å²) < 4.78 is 58.6. The zero-order valence-corrected chi connectivity index (χ0v) is 8.85. The minimum absolute atomic E-state index is 0.148. The molecule has 1 aromatic heterocycles. The summed E-state index contributed by atoms with van der Waals surface area (Å²) in [6.07, 6.45) is -4.77. The van der Waals surface area contributed by atoms with Crippen LogP contribution in [0, 0.1) is 0 Å². The summed E-state index contributed by atoms with van der Waals surface area (Å²) in [6, 6.07) is 2.67. The Morgan fingerprint density at radius 1 is 1.38 bits per heavy atom. The van der Waals surface area contributed by atoms with E-state index in [2.05, 4.69) is 4.98 Å². The molecule has 0 unspecified atom stereocenters. The molecule has 1 aromatic rings. The van der Waals surface area contributed by atoms with Gasteiger partial charge in [0.15, 0.2) is 14.9 Å². The molecule has 8 heteroatoms. The van der Waals surface area contributed by atoms with Gasteiger partial charge in [-0.05, 0) is 12.1 Å². The molecule has 0 spiro atoms. The molecule has 16 heavy (non-hydrogen) atoms. The first kappa shape index (κ1) is 12.8. The highest BCUT2D eigenvalue weighted by Crippen LogP contribution is 2.23. The van der Waals surface area contributed by atoms with Crippen molar-refractivity contribution in [2.45, 2.75) is 17.6 Å². The molecule has 0 bridgehead atoms. The van der Waals surface area contributed by atoms with Crippen molar-refractivity contribution in [2.24, 2.45) is 0 Å². The lowest BCUT2D eigenvalue weighted by atomic mass is 10.4. The number of rotatable bonds is 3. The molecule has 4 nitrogen and oxygen atoms in total. The summed E-state index contributed by atoms with van der Waals surface area (Å²) in [6.45, 7) is 0. The lowest BCUT2D eigenvalue weighted by Crippen LogP contribution is -2.18. The second-order valence-corrected chi connectivity index (χ2v) is 5.11. The van der Waals surface area contributed by atoms with Crippen LogP contribution in [0.5, 0.6) is 0 Å². The zero-order chi connectivity index (χ0) is 12.4. The summed E-state index contributed by atoms with van der Waals surface area (Å²) in [4.78, 5) is 3.47. The lowest BCUT2D eigenvalue weighted by molar-refractivity contribution is -0.129. The van der Waals surface area contributed by atoms with Gasteiger partial charge in [-0.2, -0.15) is 13.2 Å². The first-order valence-corrected chi connectivity index (χ1v) is 5.87. The zero-order valence-electron chi connectivity index (χ0n) is 8.03. The number of sulfone groups is 1. The Morgan fingerprint density at radius 2 is 2.00 bits per heavy atom. The second-order valence-electron chi connectivity index (χ2n) is 3.08. The third kappa shape index (κ3) is 3.37. The average Bonchev–Trinajstić information content (AvgIpc) is 2.14. The Morgan fingerprint density at radius 3 is 2.50 bits per heavy atom. The van der Waals surface area contributed by atoms with Crippen LogP contribution in [0.4, 0.5) is 18.9 Å². The van der Waals surface area contributed by atoms with Crippen LogP contribution in [-0.4, -0.2) is 25.3 Å². The molecule has 2 N–H and O–H groups in total. The van der Waals surface area contributed by atoms with Gasteiger partial charge in [-0.15, -0.1) is 0 Å². The van der Waals surface area contributed by atoms with Crippen LogP contribution in [-0.2, 0) is 9.84 Å². The summed E-state index contributed by atoms with van der Waals surface area (Å²) in [7, 11) is -4.08. The van der Waals surface area contributed by atoms with Crippen LogP contribution in [0.3, 0.4) is 0 Å². The van der Waals surface area contributed by atoms with E-state index in [-0.39, 0.29) is 5.69 Å². The smallest absolute Gasteiger partial charge is 0.390 e. The van der Waals surface area contributed by atoms with Crippen LogP contribution >= 0.6 is 0 Å². The topological polar surface area (TPSA) is 73.0 Å². The fourth-order valence-corrected chi connectivity index (χ4v) is 2.35. The molecule has 0 atom stereocenters. The Kier molecular flexibility index (Phi) is 3.41. The molecule has 0 aliphatic rings. The molecule has 90 valence electrons. The number of nitrogens with zero attached hydrogens (tertiary/aromatic N) is 1. The lowest BCUT2D eigenvalue weighted by Gasteiger charge is -2.08. The molecule has 0 aromatic carbocycles. The second kappa shape index (κ2) is 4.28. The Bertz CT molecular complexity index is 470. The average molecular weight is 254 g/mol. The predicted octanol–water partition coefficient (Wildman–Crippen LogP) is 1.39. The van der Waals surface area contributed by atoms with E-state index in [1.54, 1.807) is 0 Å². The number of nitrogens with two attached hydrogens (primary N) is 1. The molecule has 0 radical (unpaired) electrons. The first-order valence-electron chi connectivity index (χ1n) is 4.22. The predicted molar refractivity (Wildman–Crippen MR) is 51.4 cm³/mol. The number of hydrogen-bond acceptors (Lipinski definition) is 4. The van der Waals surface area contributed by atoms with Crippen LogP contribution in [0.25, 0.3) is 0 Å². The van der Waals surface area contributed by atoms with Gasteiger partial charge in [0.05, 0.1) is 17.9 Å². The van der Waals surface area contributed by atoms with E-state index in [0.717, 1.165) is 6.20 Å². The van der Waals surface area contributed by atoms with Crippen molar-refractivity contribution in [1.82, 2.24) is 4.98 Å². The Balaban J connectivity index is 2.92. The maximum Gasteiger partial charge on any atom is 0.390 e. The molecule has 0 aliphatic carbocycles. The minimum atomic E-state index is -4.52. The van der Waals surface area contributed by atoms with Crippen molar-refractivity contribution in [2.75, 3.05) is 11.5 Å². The summed E-state index contributed by atoms with van der Waals surface area (Å²) >= 11 is 0. The van der Waals surface area contributed by atoms with Crippen molar-refractivity contribution in [3.63, 3.8) is 0 Å². The summed E-state index contributed by atoms with van der Waals surface area (Å²) in [5.74, 6) is -1.04. The molecule has 0 aliphatic heterocycles. The van der Waals surface area contributed by atoms with Crippen LogP contribution < -0.4 is 5.73 Å². The number of aromatic nitrogens is 1. The number of pyridine rings is 1. The highest BCUT2D eigenvalue weighted by Gasteiger charge is 2.31. The Labute approximate surface area is 90.2 Å². The van der Waals surface area contributed by atoms with Gasteiger partial charge in [0.25, 0.3) is 0 Å². The third-order valence-corrected chi connectivity index (χ3v) is 3.42. The maximum atomic E-state index is 11.9. The van der Waals surface area contributed by atoms with E-state index in [4.69, 9.17) is 5.73 Å². The fourth-order valence-electron chi connectivity index (χ4n) is 1.01. The number of hydrogen-bond donors (Lipinski definition) is 1.